The average Bonchev–Trinajstić information content (AvgIpc) is 3.08. The second-order valence-electron chi connectivity index (χ2n) is 6.67. The molecule has 0 radical (unpaired) electrons. The summed E-state index contributed by atoms with van der Waals surface area (Å²) in [6, 6.07) is 9.18. The standard InChI is InChI=1S/C22H25NO5/c1-5-13(6-2)22(25)28-19-16(9-10-18(26-3)20(19)27-4)14-7-8-17-15(11-14)12-23-21(17)24/h7-11,13H,5-6,12H2,1-4H3,(H,23,24). The monoisotopic (exact) mass is 383 g/mol. The molecule has 1 heterocycles. The fourth-order valence-corrected chi connectivity index (χ4v) is 3.43. The first-order valence-corrected chi connectivity index (χ1v) is 9.42. The van der Waals surface area contributed by atoms with Crippen molar-refractivity contribution < 1.29 is 23.8 Å². The van der Waals surface area contributed by atoms with E-state index in [4.69, 9.17) is 14.2 Å². The lowest BCUT2D eigenvalue weighted by Crippen LogP contribution is -2.20. The molecule has 1 aliphatic heterocycles. The lowest BCUT2D eigenvalue weighted by atomic mass is 9.98. The molecule has 1 aliphatic rings. The van der Waals surface area contributed by atoms with E-state index in [1.54, 1.807) is 12.1 Å². The third kappa shape index (κ3) is 3.54. The van der Waals surface area contributed by atoms with Crippen molar-refractivity contribution in [1.29, 1.82) is 0 Å². The molecule has 1 N–H and O–H groups in total. The Morgan fingerprint density at radius 3 is 2.39 bits per heavy atom. The first-order chi connectivity index (χ1) is 13.5. The molecule has 6 nitrogen and oxygen atoms in total. The third-order valence-electron chi connectivity index (χ3n) is 5.12. The number of ether oxygens (including phenoxy) is 3. The van der Waals surface area contributed by atoms with Gasteiger partial charge in [0.1, 0.15) is 0 Å². The number of hydrogen-bond acceptors (Lipinski definition) is 5. The Morgan fingerprint density at radius 2 is 1.75 bits per heavy atom. The van der Waals surface area contributed by atoms with Crippen LogP contribution in [0.4, 0.5) is 0 Å². The van der Waals surface area contributed by atoms with Crippen LogP contribution in [0, 0.1) is 5.92 Å². The number of hydrogen-bond donors (Lipinski definition) is 1. The van der Waals surface area contributed by atoms with E-state index in [2.05, 4.69) is 5.32 Å². The zero-order valence-electron chi connectivity index (χ0n) is 16.6. The molecule has 0 atom stereocenters. The first-order valence-electron chi connectivity index (χ1n) is 9.42. The van der Waals surface area contributed by atoms with E-state index in [0.717, 1.165) is 11.1 Å². The summed E-state index contributed by atoms with van der Waals surface area (Å²) in [6.45, 7) is 4.41. The van der Waals surface area contributed by atoms with Crippen LogP contribution in [0.3, 0.4) is 0 Å². The molecule has 2 aromatic carbocycles. The van der Waals surface area contributed by atoms with E-state index in [9.17, 15) is 9.59 Å². The van der Waals surface area contributed by atoms with Crippen LogP contribution in [0.1, 0.15) is 42.6 Å². The normalized spacial score (nSPS) is 12.5. The predicted molar refractivity (Wildman–Crippen MR) is 106 cm³/mol. The van der Waals surface area contributed by atoms with Crippen LogP contribution in [0.15, 0.2) is 30.3 Å². The van der Waals surface area contributed by atoms with E-state index in [1.807, 2.05) is 32.0 Å². The van der Waals surface area contributed by atoms with E-state index < -0.39 is 0 Å². The molecule has 0 aromatic heterocycles. The van der Waals surface area contributed by atoms with Crippen molar-refractivity contribution in [3.63, 3.8) is 0 Å². The highest BCUT2D eigenvalue weighted by Gasteiger charge is 2.25. The summed E-state index contributed by atoms with van der Waals surface area (Å²) < 4.78 is 16.7. The minimum atomic E-state index is -0.296. The van der Waals surface area contributed by atoms with Gasteiger partial charge in [-0.3, -0.25) is 9.59 Å². The highest BCUT2D eigenvalue weighted by molar-refractivity contribution is 5.99. The summed E-state index contributed by atoms with van der Waals surface area (Å²) in [5, 5.41) is 2.81. The van der Waals surface area contributed by atoms with Gasteiger partial charge in [-0.1, -0.05) is 19.9 Å². The number of nitrogens with one attached hydrogen (secondary N) is 1. The third-order valence-corrected chi connectivity index (χ3v) is 5.12. The topological polar surface area (TPSA) is 73.9 Å². The maximum absolute atomic E-state index is 12.7. The van der Waals surface area contributed by atoms with Gasteiger partial charge in [0.15, 0.2) is 11.5 Å². The summed E-state index contributed by atoms with van der Waals surface area (Å²) in [5.41, 5.74) is 3.12. The van der Waals surface area contributed by atoms with Crippen molar-refractivity contribution in [3.8, 4) is 28.4 Å². The van der Waals surface area contributed by atoms with Crippen molar-refractivity contribution in [3.05, 3.63) is 41.5 Å². The zero-order valence-corrected chi connectivity index (χ0v) is 16.6. The number of fused-ring (bicyclic) bond motifs is 1. The maximum Gasteiger partial charge on any atom is 0.314 e. The van der Waals surface area contributed by atoms with Gasteiger partial charge in [-0.25, -0.2) is 0 Å². The SMILES string of the molecule is CCC(CC)C(=O)Oc1c(-c2ccc3c(c2)CNC3=O)ccc(OC)c1OC. The lowest BCUT2D eigenvalue weighted by Gasteiger charge is -2.19. The van der Waals surface area contributed by atoms with E-state index in [1.165, 1.54) is 14.2 Å². The van der Waals surface area contributed by atoms with Crippen LogP contribution in [-0.2, 0) is 11.3 Å². The molecule has 2 aromatic rings. The largest absolute Gasteiger partial charge is 0.493 e. The predicted octanol–water partition coefficient (Wildman–Crippen LogP) is 3.96. The molecule has 0 unspecified atom stereocenters. The van der Waals surface area contributed by atoms with Crippen LogP contribution in [0.5, 0.6) is 17.2 Å². The van der Waals surface area contributed by atoms with Crippen molar-refractivity contribution in [2.45, 2.75) is 33.2 Å². The molecule has 148 valence electrons. The van der Waals surface area contributed by atoms with Crippen molar-refractivity contribution in [1.82, 2.24) is 5.32 Å². The van der Waals surface area contributed by atoms with Gasteiger partial charge in [0.2, 0.25) is 5.75 Å². The molecule has 1 amide bonds. The van der Waals surface area contributed by atoms with E-state index in [0.29, 0.717) is 47.8 Å². The van der Waals surface area contributed by atoms with Gasteiger partial charge in [-0.15, -0.1) is 0 Å². The molecular weight excluding hydrogens is 358 g/mol. The Labute approximate surface area is 164 Å². The molecule has 0 aliphatic carbocycles. The van der Waals surface area contributed by atoms with Gasteiger partial charge in [-0.2, -0.15) is 0 Å². The number of carbonyl (C=O) groups excluding carboxylic acids is 2. The van der Waals surface area contributed by atoms with Gasteiger partial charge in [0, 0.05) is 17.7 Å². The second kappa shape index (κ2) is 8.33. The van der Waals surface area contributed by atoms with Crippen LogP contribution < -0.4 is 19.5 Å². The first kappa shape index (κ1) is 19.7. The highest BCUT2D eigenvalue weighted by Crippen LogP contribution is 2.45. The molecule has 0 saturated heterocycles. The lowest BCUT2D eigenvalue weighted by molar-refractivity contribution is -0.139. The Hall–Kier alpha value is -3.02. The fourth-order valence-electron chi connectivity index (χ4n) is 3.43. The minimum absolute atomic E-state index is 0.0748. The number of carbonyl (C=O) groups is 2. The van der Waals surface area contributed by atoms with Crippen molar-refractivity contribution in [2.24, 2.45) is 5.92 Å². The molecule has 0 fully saturated rings. The Morgan fingerprint density at radius 1 is 1.04 bits per heavy atom. The molecule has 28 heavy (non-hydrogen) atoms. The smallest absolute Gasteiger partial charge is 0.314 e. The Bertz CT molecular complexity index is 902. The van der Waals surface area contributed by atoms with E-state index in [-0.39, 0.29) is 17.8 Å². The van der Waals surface area contributed by atoms with Gasteiger partial charge >= 0.3 is 5.97 Å². The number of amides is 1. The molecule has 6 heteroatoms. The molecule has 0 spiro atoms. The number of esters is 1. The van der Waals surface area contributed by atoms with Crippen LogP contribution in [0.25, 0.3) is 11.1 Å². The molecule has 3 rings (SSSR count). The van der Waals surface area contributed by atoms with Crippen LogP contribution in [0.2, 0.25) is 0 Å². The summed E-state index contributed by atoms with van der Waals surface area (Å²) in [5.74, 6) is 0.622. The molecular formula is C22H25NO5. The van der Waals surface area contributed by atoms with Gasteiger partial charge in [0.05, 0.1) is 20.1 Å². The Kier molecular flexibility index (Phi) is 5.87. The van der Waals surface area contributed by atoms with Crippen molar-refractivity contribution in [2.75, 3.05) is 14.2 Å². The number of benzene rings is 2. The summed E-state index contributed by atoms with van der Waals surface area (Å²) >= 11 is 0. The average molecular weight is 383 g/mol. The summed E-state index contributed by atoms with van der Waals surface area (Å²) in [7, 11) is 3.05. The summed E-state index contributed by atoms with van der Waals surface area (Å²) in [4.78, 5) is 24.5. The minimum Gasteiger partial charge on any atom is -0.493 e. The van der Waals surface area contributed by atoms with Crippen LogP contribution >= 0.6 is 0 Å². The fraction of sp³-hybridized carbons (Fsp3) is 0.364. The second-order valence-corrected chi connectivity index (χ2v) is 6.67. The van der Waals surface area contributed by atoms with Crippen molar-refractivity contribution >= 4 is 11.9 Å². The number of rotatable bonds is 7. The molecule has 0 saturated carbocycles. The highest BCUT2D eigenvalue weighted by atomic mass is 16.6. The Balaban J connectivity index is 2.10. The zero-order chi connectivity index (χ0) is 20.3. The quantitative estimate of drug-likeness (QED) is 0.579. The van der Waals surface area contributed by atoms with Crippen LogP contribution in [-0.4, -0.2) is 26.1 Å². The van der Waals surface area contributed by atoms with Gasteiger partial charge in [0.25, 0.3) is 5.91 Å². The molecule has 0 bridgehead atoms. The summed E-state index contributed by atoms with van der Waals surface area (Å²) in [6.07, 6.45) is 1.40. The van der Waals surface area contributed by atoms with Gasteiger partial charge in [-0.05, 0) is 48.2 Å². The van der Waals surface area contributed by atoms with Gasteiger partial charge < -0.3 is 19.5 Å². The maximum atomic E-state index is 12.7. The van der Waals surface area contributed by atoms with E-state index >= 15 is 0 Å². The number of methoxy groups -OCH3 is 2.